The highest BCUT2D eigenvalue weighted by molar-refractivity contribution is 8.00. The smallest absolute Gasteiger partial charge is 0.272 e. The third-order valence-corrected chi connectivity index (χ3v) is 10.2. The van der Waals surface area contributed by atoms with Gasteiger partial charge in [0, 0.05) is 49.8 Å². The maximum absolute atomic E-state index is 13.9. The minimum absolute atomic E-state index is 0.0694. The number of hydrogen-bond donors (Lipinski definition) is 4. The Labute approximate surface area is 314 Å². The van der Waals surface area contributed by atoms with Crippen LogP contribution in [0, 0.1) is 0 Å². The molecular formula is C42H33N5O4S2. The number of carbonyl (C=O) groups is 3. The summed E-state index contributed by atoms with van der Waals surface area (Å²) in [5.41, 5.74) is 5.05. The number of anilines is 2. The zero-order chi connectivity index (χ0) is 36.6. The molecule has 0 radical (unpaired) electrons. The van der Waals surface area contributed by atoms with Gasteiger partial charge < -0.3 is 25.7 Å². The Balaban J connectivity index is 1.11. The van der Waals surface area contributed by atoms with E-state index in [-0.39, 0.29) is 11.6 Å². The van der Waals surface area contributed by atoms with Gasteiger partial charge in [-0.2, -0.15) is 0 Å². The van der Waals surface area contributed by atoms with Crippen LogP contribution in [-0.2, 0) is 9.59 Å². The third-order valence-electron chi connectivity index (χ3n) is 8.24. The standard InChI is InChI=1S/C42H33N5O4S2/c1-51-32-18-10-16-29(22-32)37-26-52-42(46-37)47-41(50)38(27-12-4-2-5-13-27)53-33-19-11-17-31(24-33)44-40(49)36(45-39(48)28-14-6-3-7-15-28)23-30-25-43-35-21-9-8-20-34(30)35/h2-26,38,43H,1H3,(H,44,49)(H,45,48)(H,46,47,50)/b36-23-. The van der Waals surface area contributed by atoms with E-state index in [1.54, 1.807) is 55.8 Å². The van der Waals surface area contributed by atoms with Crippen LogP contribution in [-0.4, -0.2) is 34.8 Å². The maximum Gasteiger partial charge on any atom is 0.272 e. The van der Waals surface area contributed by atoms with Crippen molar-refractivity contribution in [2.24, 2.45) is 0 Å². The second-order valence-electron chi connectivity index (χ2n) is 11.8. The number of carbonyl (C=O) groups excluding carboxylic acids is 3. The van der Waals surface area contributed by atoms with Crippen LogP contribution < -0.4 is 20.7 Å². The molecule has 0 aliphatic heterocycles. The number of thiazole rings is 1. The number of benzene rings is 5. The molecule has 0 saturated carbocycles. The van der Waals surface area contributed by atoms with Crippen molar-refractivity contribution in [3.63, 3.8) is 0 Å². The van der Waals surface area contributed by atoms with Crippen LogP contribution in [0.25, 0.3) is 28.2 Å². The molecular weight excluding hydrogens is 703 g/mol. The lowest BCUT2D eigenvalue weighted by atomic mass is 10.1. The number of thioether (sulfide) groups is 1. The lowest BCUT2D eigenvalue weighted by molar-refractivity contribution is -0.116. The van der Waals surface area contributed by atoms with Gasteiger partial charge in [0.05, 0.1) is 12.8 Å². The first-order valence-corrected chi connectivity index (χ1v) is 18.4. The number of para-hydroxylation sites is 1. The lowest BCUT2D eigenvalue weighted by Gasteiger charge is -2.17. The highest BCUT2D eigenvalue weighted by Crippen LogP contribution is 2.38. The molecule has 0 spiro atoms. The summed E-state index contributed by atoms with van der Waals surface area (Å²) < 4.78 is 5.35. The predicted molar refractivity (Wildman–Crippen MR) is 213 cm³/mol. The molecule has 0 bridgehead atoms. The highest BCUT2D eigenvalue weighted by Gasteiger charge is 2.24. The van der Waals surface area contributed by atoms with Crippen LogP contribution in [0.4, 0.5) is 10.8 Å². The molecule has 1 unspecified atom stereocenters. The number of fused-ring (bicyclic) bond motifs is 1. The summed E-state index contributed by atoms with van der Waals surface area (Å²) in [7, 11) is 1.62. The van der Waals surface area contributed by atoms with Gasteiger partial charge in [-0.15, -0.1) is 23.1 Å². The van der Waals surface area contributed by atoms with Crippen LogP contribution in [0.2, 0.25) is 0 Å². The average Bonchev–Trinajstić information content (AvgIpc) is 3.84. The molecule has 11 heteroatoms. The molecule has 0 saturated heterocycles. The Morgan fingerprint density at radius 3 is 2.40 bits per heavy atom. The summed E-state index contributed by atoms with van der Waals surface area (Å²) in [6.07, 6.45) is 3.45. The molecule has 0 aliphatic carbocycles. The van der Waals surface area contributed by atoms with E-state index in [1.165, 1.54) is 23.1 Å². The molecule has 0 aliphatic rings. The van der Waals surface area contributed by atoms with Crippen LogP contribution in [0.5, 0.6) is 5.75 Å². The number of ether oxygens (including phenoxy) is 1. The van der Waals surface area contributed by atoms with E-state index >= 15 is 0 Å². The van der Waals surface area contributed by atoms with E-state index in [1.807, 2.05) is 102 Å². The second kappa shape index (κ2) is 16.3. The first-order chi connectivity index (χ1) is 25.9. The molecule has 7 aromatic rings. The molecule has 5 aromatic carbocycles. The lowest BCUT2D eigenvalue weighted by Crippen LogP contribution is -2.30. The van der Waals surface area contributed by atoms with Crippen LogP contribution in [0.1, 0.15) is 26.7 Å². The Morgan fingerprint density at radius 1 is 0.830 bits per heavy atom. The van der Waals surface area contributed by atoms with Crippen molar-refractivity contribution in [2.75, 3.05) is 17.7 Å². The van der Waals surface area contributed by atoms with Gasteiger partial charge in [-0.1, -0.05) is 84.9 Å². The molecule has 7 rings (SSSR count). The fourth-order valence-electron chi connectivity index (χ4n) is 5.61. The van der Waals surface area contributed by atoms with Gasteiger partial charge >= 0.3 is 0 Å². The van der Waals surface area contributed by atoms with Crippen LogP contribution in [0.3, 0.4) is 0 Å². The van der Waals surface area contributed by atoms with E-state index in [0.29, 0.717) is 16.4 Å². The van der Waals surface area contributed by atoms with Gasteiger partial charge in [0.25, 0.3) is 11.8 Å². The summed E-state index contributed by atoms with van der Waals surface area (Å²) in [6, 6.07) is 40.8. The molecule has 0 fully saturated rings. The summed E-state index contributed by atoms with van der Waals surface area (Å²) in [4.78, 5) is 49.6. The number of nitrogens with one attached hydrogen (secondary N) is 4. The molecule has 3 amide bonds. The molecule has 2 heterocycles. The largest absolute Gasteiger partial charge is 0.497 e. The van der Waals surface area contributed by atoms with Crippen molar-refractivity contribution in [3.05, 3.63) is 167 Å². The summed E-state index contributed by atoms with van der Waals surface area (Å²) in [6.45, 7) is 0. The Hall–Kier alpha value is -6.43. The van der Waals surface area contributed by atoms with Gasteiger partial charge in [0.15, 0.2) is 5.13 Å². The van der Waals surface area contributed by atoms with Crippen molar-refractivity contribution in [1.82, 2.24) is 15.3 Å². The van der Waals surface area contributed by atoms with Gasteiger partial charge in [-0.3, -0.25) is 14.4 Å². The molecule has 53 heavy (non-hydrogen) atoms. The zero-order valence-corrected chi connectivity index (χ0v) is 30.0. The normalized spacial score (nSPS) is 11.8. The van der Waals surface area contributed by atoms with Gasteiger partial charge in [0.1, 0.15) is 16.7 Å². The SMILES string of the molecule is COc1cccc(-c2csc(NC(=O)C(Sc3cccc(NC(=O)/C(=C/c4c[nH]c5ccccc45)NC(=O)c4ccccc4)c3)c3ccccc3)n2)c1. The summed E-state index contributed by atoms with van der Waals surface area (Å²) in [5.74, 6) is -0.438. The van der Waals surface area contributed by atoms with Gasteiger partial charge in [-0.25, -0.2) is 4.98 Å². The first-order valence-electron chi connectivity index (χ1n) is 16.6. The first kappa shape index (κ1) is 35.0. The number of methoxy groups -OCH3 is 1. The van der Waals surface area contributed by atoms with E-state index < -0.39 is 17.1 Å². The van der Waals surface area contributed by atoms with Crippen molar-refractivity contribution in [3.8, 4) is 17.0 Å². The van der Waals surface area contributed by atoms with E-state index in [4.69, 9.17) is 4.74 Å². The molecule has 4 N–H and O–H groups in total. The van der Waals surface area contributed by atoms with E-state index in [0.717, 1.165) is 43.9 Å². The van der Waals surface area contributed by atoms with Gasteiger partial charge in [0.2, 0.25) is 5.91 Å². The van der Waals surface area contributed by atoms with Gasteiger partial charge in [-0.05, 0) is 60.2 Å². The quantitative estimate of drug-likeness (QED) is 0.0733. The van der Waals surface area contributed by atoms with Crippen LogP contribution >= 0.6 is 23.1 Å². The molecule has 2 aromatic heterocycles. The molecule has 1 atom stereocenters. The van der Waals surface area contributed by atoms with Crippen molar-refractivity contribution >= 4 is 68.6 Å². The number of aromatic nitrogens is 2. The number of amides is 3. The Kier molecular flexibility index (Phi) is 10.7. The minimum atomic E-state index is -0.631. The highest BCUT2D eigenvalue weighted by atomic mass is 32.2. The summed E-state index contributed by atoms with van der Waals surface area (Å²) in [5, 5.41) is 11.4. The second-order valence-corrected chi connectivity index (χ2v) is 13.9. The topological polar surface area (TPSA) is 125 Å². The number of nitrogens with zero attached hydrogens (tertiary/aromatic N) is 1. The number of hydrogen-bond acceptors (Lipinski definition) is 7. The molecule has 262 valence electrons. The number of rotatable bonds is 12. The average molecular weight is 736 g/mol. The Morgan fingerprint density at radius 2 is 1.58 bits per heavy atom. The van der Waals surface area contributed by atoms with E-state index in [9.17, 15) is 14.4 Å². The minimum Gasteiger partial charge on any atom is -0.497 e. The third kappa shape index (κ3) is 8.55. The Bertz CT molecular complexity index is 2420. The van der Waals surface area contributed by atoms with Crippen molar-refractivity contribution in [1.29, 1.82) is 0 Å². The molecule has 9 nitrogen and oxygen atoms in total. The fraction of sp³-hybridized carbons (Fsp3) is 0.0476. The van der Waals surface area contributed by atoms with Crippen molar-refractivity contribution < 1.29 is 19.1 Å². The predicted octanol–water partition coefficient (Wildman–Crippen LogP) is 9.18. The zero-order valence-electron chi connectivity index (χ0n) is 28.4. The monoisotopic (exact) mass is 735 g/mol. The van der Waals surface area contributed by atoms with Crippen LogP contribution in [0.15, 0.2) is 156 Å². The number of H-pyrrole nitrogens is 1. The van der Waals surface area contributed by atoms with Crippen molar-refractivity contribution in [2.45, 2.75) is 10.1 Å². The fourth-order valence-corrected chi connectivity index (χ4v) is 7.42. The van der Waals surface area contributed by atoms with E-state index in [2.05, 4.69) is 25.9 Å². The number of aromatic amines is 1. The summed E-state index contributed by atoms with van der Waals surface area (Å²) >= 11 is 2.69. The maximum atomic E-state index is 13.9.